The van der Waals surface area contributed by atoms with Crippen LogP contribution in [0.1, 0.15) is 30.1 Å². The van der Waals surface area contributed by atoms with Crippen LogP contribution in [0.25, 0.3) is 0 Å². The van der Waals surface area contributed by atoms with Crippen molar-refractivity contribution in [3.63, 3.8) is 0 Å². The van der Waals surface area contributed by atoms with Gasteiger partial charge in [-0.1, -0.05) is 29.8 Å². The van der Waals surface area contributed by atoms with Gasteiger partial charge >= 0.3 is 0 Å². The number of carbonyl (C=O) groups excluding carboxylic acids is 1. The van der Waals surface area contributed by atoms with Crippen LogP contribution in [-0.2, 0) is 14.3 Å². The highest BCUT2D eigenvalue weighted by Gasteiger charge is 2.27. The number of hydrogen-bond donors (Lipinski definition) is 1. The van der Waals surface area contributed by atoms with E-state index in [0.29, 0.717) is 12.5 Å². The van der Waals surface area contributed by atoms with Crippen LogP contribution in [0.4, 0.5) is 0 Å². The fourth-order valence-corrected chi connectivity index (χ4v) is 2.60. The van der Waals surface area contributed by atoms with E-state index in [4.69, 9.17) is 9.47 Å². The number of benzene rings is 1. The third-order valence-corrected chi connectivity index (χ3v) is 3.69. The zero-order valence-electron chi connectivity index (χ0n) is 12.2. The summed E-state index contributed by atoms with van der Waals surface area (Å²) >= 11 is 0. The first-order valence-electron chi connectivity index (χ1n) is 7.14. The van der Waals surface area contributed by atoms with Gasteiger partial charge in [-0.3, -0.25) is 4.79 Å². The van der Waals surface area contributed by atoms with E-state index in [0.717, 1.165) is 19.4 Å². The average molecular weight is 277 g/mol. The molecule has 2 rings (SSSR count). The Hall–Kier alpha value is -1.39. The van der Waals surface area contributed by atoms with Crippen molar-refractivity contribution in [3.05, 3.63) is 35.4 Å². The van der Waals surface area contributed by atoms with Crippen molar-refractivity contribution in [2.45, 2.75) is 25.9 Å². The largest absolute Gasteiger partial charge is 0.375 e. The molecule has 0 aliphatic carbocycles. The predicted octanol–water partition coefficient (Wildman–Crippen LogP) is 2.23. The van der Waals surface area contributed by atoms with Crippen LogP contribution in [0.2, 0.25) is 0 Å². The van der Waals surface area contributed by atoms with E-state index in [-0.39, 0.29) is 18.6 Å². The minimum Gasteiger partial charge on any atom is -0.375 e. The van der Waals surface area contributed by atoms with Crippen LogP contribution in [0.5, 0.6) is 0 Å². The molecule has 0 spiro atoms. The van der Waals surface area contributed by atoms with Gasteiger partial charge in [0.2, 0.25) is 5.91 Å². The molecule has 1 heterocycles. The van der Waals surface area contributed by atoms with Crippen LogP contribution in [0.15, 0.2) is 24.3 Å². The van der Waals surface area contributed by atoms with Gasteiger partial charge in [-0.2, -0.15) is 0 Å². The Bertz CT molecular complexity index is 430. The molecule has 110 valence electrons. The summed E-state index contributed by atoms with van der Waals surface area (Å²) in [4.78, 5) is 11.5. The maximum atomic E-state index is 11.5. The number of aryl methyl sites for hydroxylation is 1. The maximum absolute atomic E-state index is 11.5. The monoisotopic (exact) mass is 277 g/mol. The zero-order chi connectivity index (χ0) is 14.4. The molecule has 1 aliphatic heterocycles. The Labute approximate surface area is 120 Å². The summed E-state index contributed by atoms with van der Waals surface area (Å²) in [6.07, 6.45) is 2.20. The topological polar surface area (TPSA) is 47.6 Å². The third kappa shape index (κ3) is 4.05. The number of ether oxygens (including phenoxy) is 2. The number of methoxy groups -OCH3 is 1. The van der Waals surface area contributed by atoms with Crippen molar-refractivity contribution >= 4 is 5.91 Å². The van der Waals surface area contributed by atoms with Gasteiger partial charge in [0.25, 0.3) is 0 Å². The van der Waals surface area contributed by atoms with Crippen molar-refractivity contribution in [2.75, 3.05) is 26.9 Å². The van der Waals surface area contributed by atoms with Crippen molar-refractivity contribution in [2.24, 2.45) is 5.92 Å². The molecule has 0 saturated carbocycles. The molecule has 1 N–H and O–H groups in total. The minimum absolute atomic E-state index is 0.0688. The number of rotatable bonds is 5. The molecule has 0 unspecified atom stereocenters. The Morgan fingerprint density at radius 2 is 2.15 bits per heavy atom. The molecule has 1 saturated heterocycles. The summed E-state index contributed by atoms with van der Waals surface area (Å²) in [7, 11) is 1.53. The lowest BCUT2D eigenvalue weighted by atomic mass is 9.89. The number of nitrogens with one attached hydrogen (secondary N) is 1. The fourth-order valence-electron chi connectivity index (χ4n) is 2.60. The molecule has 0 bridgehead atoms. The Balaban J connectivity index is 1.98. The highest BCUT2D eigenvalue weighted by Crippen LogP contribution is 2.33. The summed E-state index contributed by atoms with van der Waals surface area (Å²) in [6.45, 7) is 3.62. The predicted molar refractivity (Wildman–Crippen MR) is 77.5 cm³/mol. The van der Waals surface area contributed by atoms with E-state index in [9.17, 15) is 4.79 Å². The molecule has 1 aliphatic rings. The lowest BCUT2D eigenvalue weighted by Gasteiger charge is -2.32. The van der Waals surface area contributed by atoms with Crippen molar-refractivity contribution in [1.82, 2.24) is 5.32 Å². The van der Waals surface area contributed by atoms with Crippen molar-refractivity contribution in [3.8, 4) is 0 Å². The summed E-state index contributed by atoms with van der Waals surface area (Å²) in [6, 6.07) is 8.45. The molecule has 0 aromatic heterocycles. The summed E-state index contributed by atoms with van der Waals surface area (Å²) in [5.74, 6) is 0.257. The van der Waals surface area contributed by atoms with Gasteiger partial charge in [-0.15, -0.1) is 0 Å². The molecule has 1 amide bonds. The minimum atomic E-state index is -0.0688. The summed E-state index contributed by atoms with van der Waals surface area (Å²) in [5.41, 5.74) is 2.44. The second-order valence-electron chi connectivity index (χ2n) is 5.34. The molecule has 20 heavy (non-hydrogen) atoms. The van der Waals surface area contributed by atoms with E-state index in [1.54, 1.807) is 0 Å². The molecule has 1 aromatic carbocycles. The molecule has 2 atom stereocenters. The Morgan fingerprint density at radius 1 is 1.40 bits per heavy atom. The molecule has 0 radical (unpaired) electrons. The van der Waals surface area contributed by atoms with Crippen LogP contribution in [0, 0.1) is 12.8 Å². The standard InChI is InChI=1S/C16H23NO3/c1-12-5-7-13(8-6-12)16-14(4-3-9-20-16)10-17-15(18)11-19-2/h5-8,14,16H,3-4,9-11H2,1-2H3,(H,17,18)/t14-,16+/m0/s1. The number of amides is 1. The second kappa shape index (κ2) is 7.41. The highest BCUT2D eigenvalue weighted by molar-refractivity contribution is 5.77. The molecular formula is C16H23NO3. The van der Waals surface area contributed by atoms with Gasteiger partial charge in [0.1, 0.15) is 6.61 Å². The van der Waals surface area contributed by atoms with Gasteiger partial charge in [0.05, 0.1) is 6.10 Å². The van der Waals surface area contributed by atoms with Gasteiger partial charge < -0.3 is 14.8 Å². The molecular weight excluding hydrogens is 254 g/mol. The lowest BCUT2D eigenvalue weighted by molar-refractivity contribution is -0.125. The van der Waals surface area contributed by atoms with E-state index in [1.807, 2.05) is 0 Å². The Kier molecular flexibility index (Phi) is 5.56. The number of hydrogen-bond acceptors (Lipinski definition) is 3. The van der Waals surface area contributed by atoms with Gasteiger partial charge in [-0.25, -0.2) is 0 Å². The summed E-state index contributed by atoms with van der Waals surface area (Å²) < 4.78 is 10.8. The fraction of sp³-hybridized carbons (Fsp3) is 0.562. The number of carbonyl (C=O) groups is 1. The molecule has 1 aromatic rings. The quantitative estimate of drug-likeness (QED) is 0.897. The highest BCUT2D eigenvalue weighted by atomic mass is 16.5. The third-order valence-electron chi connectivity index (χ3n) is 3.69. The first-order valence-corrected chi connectivity index (χ1v) is 7.14. The van der Waals surface area contributed by atoms with Crippen LogP contribution < -0.4 is 5.32 Å². The van der Waals surface area contributed by atoms with E-state index >= 15 is 0 Å². The maximum Gasteiger partial charge on any atom is 0.245 e. The lowest BCUT2D eigenvalue weighted by Crippen LogP contribution is -2.36. The average Bonchev–Trinajstić information content (AvgIpc) is 2.47. The molecule has 4 nitrogen and oxygen atoms in total. The second-order valence-corrected chi connectivity index (χ2v) is 5.34. The van der Waals surface area contributed by atoms with Gasteiger partial charge in [0.15, 0.2) is 0 Å². The normalized spacial score (nSPS) is 22.5. The first kappa shape index (κ1) is 15.0. The smallest absolute Gasteiger partial charge is 0.245 e. The van der Waals surface area contributed by atoms with Gasteiger partial charge in [-0.05, 0) is 25.3 Å². The van der Waals surface area contributed by atoms with Gasteiger partial charge in [0, 0.05) is 26.2 Å². The van der Waals surface area contributed by atoms with Crippen LogP contribution >= 0.6 is 0 Å². The van der Waals surface area contributed by atoms with Crippen LogP contribution in [0.3, 0.4) is 0 Å². The van der Waals surface area contributed by atoms with E-state index < -0.39 is 0 Å². The molecule has 4 heteroatoms. The Morgan fingerprint density at radius 3 is 2.85 bits per heavy atom. The van der Waals surface area contributed by atoms with Crippen molar-refractivity contribution < 1.29 is 14.3 Å². The SMILES string of the molecule is COCC(=O)NC[C@@H]1CCCO[C@@H]1c1ccc(C)cc1. The van der Waals surface area contributed by atoms with E-state index in [2.05, 4.69) is 36.5 Å². The molecule has 1 fully saturated rings. The van der Waals surface area contributed by atoms with Crippen molar-refractivity contribution in [1.29, 1.82) is 0 Å². The van der Waals surface area contributed by atoms with E-state index in [1.165, 1.54) is 18.2 Å². The van der Waals surface area contributed by atoms with Crippen LogP contribution in [-0.4, -0.2) is 32.8 Å². The summed E-state index contributed by atoms with van der Waals surface area (Å²) in [5, 5.41) is 2.92. The zero-order valence-corrected chi connectivity index (χ0v) is 12.2. The first-order chi connectivity index (χ1) is 9.70.